The molecule has 1 aliphatic rings. The highest BCUT2D eigenvalue weighted by molar-refractivity contribution is 6.31. The number of nitrogens with zero attached hydrogens (tertiary/aromatic N) is 1. The van der Waals surface area contributed by atoms with Gasteiger partial charge in [0.15, 0.2) is 0 Å². The number of rotatable bonds is 2. The Kier molecular flexibility index (Phi) is 2.80. The van der Waals surface area contributed by atoms with Gasteiger partial charge in [-0.25, -0.2) is 0 Å². The van der Waals surface area contributed by atoms with E-state index in [1.54, 1.807) is 0 Å². The molecule has 2 aromatic rings. The highest BCUT2D eigenvalue weighted by Crippen LogP contribution is 2.25. The van der Waals surface area contributed by atoms with E-state index in [2.05, 4.69) is 6.07 Å². The van der Waals surface area contributed by atoms with Gasteiger partial charge in [0.05, 0.1) is 0 Å². The molecule has 0 unspecified atom stereocenters. The average Bonchev–Trinajstić information content (AvgIpc) is 2.70. The minimum atomic E-state index is 0.588. The molecular formula is C15H13ClN2. The van der Waals surface area contributed by atoms with Crippen LogP contribution in [0.3, 0.4) is 0 Å². The van der Waals surface area contributed by atoms with Gasteiger partial charge in [0.1, 0.15) is 5.84 Å². The Bertz CT molecular complexity index is 607. The second-order valence-corrected chi connectivity index (χ2v) is 4.86. The molecule has 0 saturated heterocycles. The van der Waals surface area contributed by atoms with Crippen molar-refractivity contribution in [1.29, 1.82) is 5.41 Å². The molecule has 0 fully saturated rings. The lowest BCUT2D eigenvalue weighted by Crippen LogP contribution is -2.23. The Morgan fingerprint density at radius 1 is 1.06 bits per heavy atom. The third kappa shape index (κ3) is 1.89. The van der Waals surface area contributed by atoms with Gasteiger partial charge in [-0.05, 0) is 17.2 Å². The third-order valence-corrected chi connectivity index (χ3v) is 3.64. The van der Waals surface area contributed by atoms with Crippen LogP contribution in [0.5, 0.6) is 0 Å². The van der Waals surface area contributed by atoms with Gasteiger partial charge in [-0.1, -0.05) is 54.1 Å². The molecule has 0 radical (unpaired) electrons. The SMILES string of the molecule is N=C1c2ccccc2CN1Cc1ccccc1Cl. The Hall–Kier alpha value is -1.80. The summed E-state index contributed by atoms with van der Waals surface area (Å²) in [6, 6.07) is 15.9. The number of nitrogens with one attached hydrogen (secondary N) is 1. The molecule has 18 heavy (non-hydrogen) atoms. The zero-order valence-corrected chi connectivity index (χ0v) is 10.6. The summed E-state index contributed by atoms with van der Waals surface area (Å²) in [5.41, 5.74) is 3.32. The van der Waals surface area contributed by atoms with Crippen LogP contribution >= 0.6 is 11.6 Å². The monoisotopic (exact) mass is 256 g/mol. The first-order valence-electron chi connectivity index (χ1n) is 5.91. The van der Waals surface area contributed by atoms with Gasteiger partial charge in [-0.2, -0.15) is 0 Å². The minimum Gasteiger partial charge on any atom is -0.348 e. The van der Waals surface area contributed by atoms with Crippen molar-refractivity contribution in [3.8, 4) is 0 Å². The van der Waals surface area contributed by atoms with Crippen molar-refractivity contribution in [2.75, 3.05) is 0 Å². The summed E-state index contributed by atoms with van der Waals surface area (Å²) in [4.78, 5) is 2.05. The van der Waals surface area contributed by atoms with E-state index in [1.807, 2.05) is 47.4 Å². The van der Waals surface area contributed by atoms with Crippen LogP contribution in [0.2, 0.25) is 5.02 Å². The van der Waals surface area contributed by atoms with E-state index in [0.29, 0.717) is 12.4 Å². The second-order valence-electron chi connectivity index (χ2n) is 4.45. The fourth-order valence-corrected chi connectivity index (χ4v) is 2.51. The lowest BCUT2D eigenvalue weighted by molar-refractivity contribution is 0.422. The second kappa shape index (κ2) is 4.46. The number of hydrogen-bond acceptors (Lipinski definition) is 1. The number of fused-ring (bicyclic) bond motifs is 1. The average molecular weight is 257 g/mol. The Balaban J connectivity index is 1.86. The summed E-state index contributed by atoms with van der Waals surface area (Å²) in [5.74, 6) is 0.588. The van der Waals surface area contributed by atoms with Crippen LogP contribution < -0.4 is 0 Å². The molecule has 0 spiro atoms. The van der Waals surface area contributed by atoms with Crippen LogP contribution in [0.1, 0.15) is 16.7 Å². The standard InChI is InChI=1S/C15H13ClN2/c16-14-8-4-2-6-12(14)10-18-9-11-5-1-3-7-13(11)15(18)17/h1-8,17H,9-10H2. The van der Waals surface area contributed by atoms with E-state index < -0.39 is 0 Å². The highest BCUT2D eigenvalue weighted by atomic mass is 35.5. The molecule has 1 N–H and O–H groups in total. The molecule has 3 heteroatoms. The number of halogens is 1. The largest absolute Gasteiger partial charge is 0.348 e. The number of benzene rings is 2. The minimum absolute atomic E-state index is 0.588. The van der Waals surface area contributed by atoms with Crippen molar-refractivity contribution < 1.29 is 0 Å². The van der Waals surface area contributed by atoms with Crippen molar-refractivity contribution in [2.24, 2.45) is 0 Å². The van der Waals surface area contributed by atoms with Crippen molar-refractivity contribution in [1.82, 2.24) is 4.90 Å². The van der Waals surface area contributed by atoms with Gasteiger partial charge in [-0.3, -0.25) is 5.41 Å². The fraction of sp³-hybridized carbons (Fsp3) is 0.133. The molecule has 2 nitrogen and oxygen atoms in total. The number of amidine groups is 1. The summed E-state index contributed by atoms with van der Waals surface area (Å²) in [6.07, 6.45) is 0. The molecule has 0 saturated carbocycles. The molecule has 0 aromatic heterocycles. The molecule has 3 rings (SSSR count). The first-order chi connectivity index (χ1) is 8.75. The summed E-state index contributed by atoms with van der Waals surface area (Å²) in [6.45, 7) is 1.48. The summed E-state index contributed by atoms with van der Waals surface area (Å²) in [5, 5.41) is 8.96. The zero-order valence-electron chi connectivity index (χ0n) is 9.86. The molecule has 1 heterocycles. The van der Waals surface area contributed by atoms with Gasteiger partial charge < -0.3 is 4.90 Å². The molecular weight excluding hydrogens is 244 g/mol. The molecule has 90 valence electrons. The van der Waals surface area contributed by atoms with Crippen molar-refractivity contribution >= 4 is 17.4 Å². The summed E-state index contributed by atoms with van der Waals surface area (Å²) < 4.78 is 0. The molecule has 2 aromatic carbocycles. The van der Waals surface area contributed by atoms with E-state index in [9.17, 15) is 0 Å². The zero-order chi connectivity index (χ0) is 12.5. The molecule has 1 aliphatic heterocycles. The van der Waals surface area contributed by atoms with Gasteiger partial charge in [0.2, 0.25) is 0 Å². The van der Waals surface area contributed by atoms with E-state index in [4.69, 9.17) is 17.0 Å². The Labute approximate surface area is 111 Å². The van der Waals surface area contributed by atoms with E-state index in [1.165, 1.54) is 5.56 Å². The predicted octanol–water partition coefficient (Wildman–Crippen LogP) is 3.68. The van der Waals surface area contributed by atoms with E-state index in [0.717, 1.165) is 22.7 Å². The topological polar surface area (TPSA) is 27.1 Å². The first-order valence-corrected chi connectivity index (χ1v) is 6.28. The predicted molar refractivity (Wildman–Crippen MR) is 74.0 cm³/mol. The third-order valence-electron chi connectivity index (χ3n) is 3.27. The fourth-order valence-electron chi connectivity index (χ4n) is 2.31. The number of hydrogen-bond donors (Lipinski definition) is 1. The van der Waals surface area contributed by atoms with Crippen molar-refractivity contribution in [3.05, 3.63) is 70.2 Å². The molecule has 0 atom stereocenters. The van der Waals surface area contributed by atoms with Crippen molar-refractivity contribution in [2.45, 2.75) is 13.1 Å². The van der Waals surface area contributed by atoms with Gasteiger partial charge in [0, 0.05) is 23.7 Å². The van der Waals surface area contributed by atoms with Gasteiger partial charge >= 0.3 is 0 Å². The van der Waals surface area contributed by atoms with Gasteiger partial charge in [0.25, 0.3) is 0 Å². The summed E-state index contributed by atoms with van der Waals surface area (Å²) in [7, 11) is 0. The van der Waals surface area contributed by atoms with Crippen LogP contribution in [0, 0.1) is 5.41 Å². The maximum absolute atomic E-state index is 8.19. The lowest BCUT2D eigenvalue weighted by Gasteiger charge is -2.18. The highest BCUT2D eigenvalue weighted by Gasteiger charge is 2.23. The van der Waals surface area contributed by atoms with Crippen LogP contribution in [-0.4, -0.2) is 10.7 Å². The smallest absolute Gasteiger partial charge is 0.129 e. The molecule has 0 amide bonds. The van der Waals surface area contributed by atoms with E-state index >= 15 is 0 Å². The Morgan fingerprint density at radius 3 is 2.56 bits per heavy atom. The molecule has 0 bridgehead atoms. The maximum Gasteiger partial charge on any atom is 0.129 e. The molecule has 0 aliphatic carbocycles. The van der Waals surface area contributed by atoms with E-state index in [-0.39, 0.29) is 0 Å². The lowest BCUT2D eigenvalue weighted by atomic mass is 10.1. The quantitative estimate of drug-likeness (QED) is 0.872. The Morgan fingerprint density at radius 2 is 1.78 bits per heavy atom. The maximum atomic E-state index is 8.19. The van der Waals surface area contributed by atoms with Crippen LogP contribution in [0.4, 0.5) is 0 Å². The van der Waals surface area contributed by atoms with Crippen LogP contribution in [-0.2, 0) is 13.1 Å². The normalized spacial score (nSPS) is 13.8. The van der Waals surface area contributed by atoms with Gasteiger partial charge in [-0.15, -0.1) is 0 Å². The van der Waals surface area contributed by atoms with Crippen LogP contribution in [0.25, 0.3) is 0 Å². The van der Waals surface area contributed by atoms with Crippen molar-refractivity contribution in [3.63, 3.8) is 0 Å². The summed E-state index contributed by atoms with van der Waals surface area (Å²) >= 11 is 6.16. The van der Waals surface area contributed by atoms with Crippen LogP contribution in [0.15, 0.2) is 48.5 Å². The first kappa shape index (κ1) is 11.3.